The molecule has 0 aromatic rings. The van der Waals surface area contributed by atoms with Crippen molar-refractivity contribution in [2.45, 2.75) is 79.1 Å². The van der Waals surface area contributed by atoms with Crippen molar-refractivity contribution in [2.24, 2.45) is 11.8 Å². The predicted molar refractivity (Wildman–Crippen MR) is 98.2 cm³/mol. The molecule has 140 valence electrons. The Hall–Kier alpha value is 0.210. The van der Waals surface area contributed by atoms with Crippen molar-refractivity contribution in [1.82, 2.24) is 0 Å². The van der Waals surface area contributed by atoms with E-state index in [-0.39, 0.29) is 0 Å². The quantitative estimate of drug-likeness (QED) is 0.319. The van der Waals surface area contributed by atoms with E-state index in [0.29, 0.717) is 12.3 Å². The first-order chi connectivity index (χ1) is 10.6. The lowest BCUT2D eigenvalue weighted by atomic mass is 10.1. The summed E-state index contributed by atoms with van der Waals surface area (Å²) in [5.41, 5.74) is 0. The van der Waals surface area contributed by atoms with Crippen LogP contribution in [0.5, 0.6) is 0 Å². The van der Waals surface area contributed by atoms with Crippen molar-refractivity contribution in [3.63, 3.8) is 0 Å². The van der Waals surface area contributed by atoms with Gasteiger partial charge in [0.25, 0.3) is 0 Å². The van der Waals surface area contributed by atoms with Crippen molar-refractivity contribution >= 4 is 15.6 Å². The third-order valence-electron chi connectivity index (χ3n) is 3.58. The van der Waals surface area contributed by atoms with Crippen molar-refractivity contribution in [3.8, 4) is 0 Å². The van der Waals surface area contributed by atoms with Crippen LogP contribution in [-0.2, 0) is 9.13 Å². The topological polar surface area (TPSA) is 94.8 Å². The second-order valence-corrected chi connectivity index (χ2v) is 10.1. The molecule has 0 spiro atoms. The highest BCUT2D eigenvalue weighted by atomic mass is 31.2. The third-order valence-corrected chi connectivity index (χ3v) is 5.61. The summed E-state index contributed by atoms with van der Waals surface area (Å²) in [6, 6.07) is 0. The van der Waals surface area contributed by atoms with Gasteiger partial charge in [0.15, 0.2) is 0 Å². The lowest BCUT2D eigenvalue weighted by Gasteiger charge is -2.12. The Morgan fingerprint density at radius 3 is 1.35 bits per heavy atom. The Labute approximate surface area is 143 Å². The molecule has 0 fully saturated rings. The highest BCUT2D eigenvalue weighted by Crippen LogP contribution is 2.42. The van der Waals surface area contributed by atoms with Crippen LogP contribution in [-0.4, -0.2) is 27.0 Å². The highest BCUT2D eigenvalue weighted by Gasteiger charge is 2.16. The largest absolute Gasteiger partial charge is 0.692 e. The first-order valence-electron chi connectivity index (χ1n) is 8.72. The average Bonchev–Trinajstić information content (AvgIpc) is 2.36. The van der Waals surface area contributed by atoms with Crippen LogP contribution in [0.4, 0.5) is 0 Å². The maximum atomic E-state index is 12.0. The molecular weight excluding hydrogens is 334 g/mol. The molecule has 0 bridgehead atoms. The highest BCUT2D eigenvalue weighted by molar-refractivity contribution is 7.57. The molecule has 5 nitrogen and oxygen atoms in total. The molecule has 0 atom stereocenters. The molecule has 3 N–H and O–H groups in total. The number of hydrogen-bond donors (Lipinski definition) is 3. The van der Waals surface area contributed by atoms with E-state index in [1.54, 1.807) is 0 Å². The second kappa shape index (κ2) is 15.7. The van der Waals surface area contributed by atoms with Crippen molar-refractivity contribution in [2.75, 3.05) is 12.3 Å². The van der Waals surface area contributed by atoms with Gasteiger partial charge in [0.05, 0.1) is 0 Å². The summed E-state index contributed by atoms with van der Waals surface area (Å²) in [5, 5.41) is 0. The molecule has 0 radical (unpaired) electrons. The van der Waals surface area contributed by atoms with Crippen LogP contribution in [0.25, 0.3) is 0 Å². The zero-order valence-corrected chi connectivity index (χ0v) is 17.1. The molecule has 0 rings (SSSR count). The second-order valence-electron chi connectivity index (χ2n) is 7.03. The van der Waals surface area contributed by atoms with E-state index >= 15 is 0 Å². The summed E-state index contributed by atoms with van der Waals surface area (Å²) < 4.78 is 20.7. The zero-order chi connectivity index (χ0) is 18.3. The SMILES string of the molecule is CC(C)CCCCCP(=O)(O)CCCCCC(C)C.O=[P+](O)O. The standard InChI is InChI=1S/C16H35O2P.HO3P/c1-15(2)11-7-5-9-13-19(17,18)14-10-6-8-12-16(3)4;1-4(2)3/h15-16H,5-14H2,1-4H3,(H,17,18);(H-,1,2,3)/p+1. The maximum Gasteiger partial charge on any atom is 0.692 e. The summed E-state index contributed by atoms with van der Waals surface area (Å²) >= 11 is 0. The van der Waals surface area contributed by atoms with E-state index < -0.39 is 15.6 Å². The van der Waals surface area contributed by atoms with E-state index in [1.807, 2.05) is 0 Å². The first-order valence-corrected chi connectivity index (χ1v) is 11.9. The molecular formula is C16H37O5P2+. The van der Waals surface area contributed by atoms with Crippen molar-refractivity contribution < 1.29 is 23.8 Å². The fraction of sp³-hybridized carbons (Fsp3) is 1.00. The Kier molecular flexibility index (Phi) is 17.4. The Morgan fingerprint density at radius 2 is 1.09 bits per heavy atom. The number of unbranched alkanes of at least 4 members (excludes halogenated alkanes) is 4. The first kappa shape index (κ1) is 25.5. The molecule has 0 saturated heterocycles. The molecule has 0 heterocycles. The zero-order valence-electron chi connectivity index (χ0n) is 15.3. The third kappa shape index (κ3) is 27.4. The van der Waals surface area contributed by atoms with Gasteiger partial charge in [-0.05, 0) is 24.7 Å². The molecule has 0 aliphatic heterocycles. The van der Waals surface area contributed by atoms with E-state index in [0.717, 1.165) is 37.5 Å². The summed E-state index contributed by atoms with van der Waals surface area (Å²) in [7, 11) is -5.69. The summed E-state index contributed by atoms with van der Waals surface area (Å²) in [5.74, 6) is 1.50. The molecule has 0 aromatic carbocycles. The Bertz CT molecular complexity index is 306. The smallest absolute Gasteiger partial charge is 0.344 e. The van der Waals surface area contributed by atoms with Crippen LogP contribution in [0.2, 0.25) is 0 Å². The molecule has 0 saturated carbocycles. The predicted octanol–water partition coefficient (Wildman–Crippen LogP) is 5.32. The molecule has 0 aliphatic rings. The fourth-order valence-electron chi connectivity index (χ4n) is 2.29. The van der Waals surface area contributed by atoms with Gasteiger partial charge in [-0.2, -0.15) is 0 Å². The van der Waals surface area contributed by atoms with Crippen molar-refractivity contribution in [3.05, 3.63) is 0 Å². The molecule has 23 heavy (non-hydrogen) atoms. The van der Waals surface area contributed by atoms with Crippen LogP contribution in [0.3, 0.4) is 0 Å². The monoisotopic (exact) mass is 371 g/mol. The van der Waals surface area contributed by atoms with Gasteiger partial charge in [-0.3, -0.25) is 4.57 Å². The van der Waals surface area contributed by atoms with Gasteiger partial charge >= 0.3 is 8.25 Å². The van der Waals surface area contributed by atoms with E-state index in [4.69, 9.17) is 14.4 Å². The van der Waals surface area contributed by atoms with Gasteiger partial charge in [0.1, 0.15) is 0 Å². The van der Waals surface area contributed by atoms with E-state index in [1.165, 1.54) is 25.7 Å². The summed E-state index contributed by atoms with van der Waals surface area (Å²) in [6.45, 7) is 8.92. The normalized spacial score (nSPS) is 11.5. The minimum absolute atomic E-state index is 0.537. The summed E-state index contributed by atoms with van der Waals surface area (Å²) in [4.78, 5) is 24.1. The van der Waals surface area contributed by atoms with E-state index in [2.05, 4.69) is 27.7 Å². The van der Waals surface area contributed by atoms with E-state index in [9.17, 15) is 9.46 Å². The molecule has 7 heteroatoms. The Balaban J connectivity index is 0. The maximum absolute atomic E-state index is 12.0. The van der Waals surface area contributed by atoms with Crippen molar-refractivity contribution in [1.29, 1.82) is 0 Å². The van der Waals surface area contributed by atoms with Gasteiger partial charge in [-0.1, -0.05) is 66.2 Å². The van der Waals surface area contributed by atoms with Crippen LogP contribution in [0.1, 0.15) is 79.1 Å². The van der Waals surface area contributed by atoms with Crippen LogP contribution in [0, 0.1) is 11.8 Å². The lowest BCUT2D eigenvalue weighted by Crippen LogP contribution is -1.97. The molecule has 0 unspecified atom stereocenters. The van der Waals surface area contributed by atoms with Crippen LogP contribution >= 0.6 is 15.6 Å². The van der Waals surface area contributed by atoms with Gasteiger partial charge in [-0.15, -0.1) is 9.79 Å². The number of rotatable bonds is 12. The molecule has 0 aliphatic carbocycles. The fourth-order valence-corrected chi connectivity index (χ4v) is 3.95. The van der Waals surface area contributed by atoms with Crippen LogP contribution in [0.15, 0.2) is 0 Å². The summed E-state index contributed by atoms with van der Waals surface area (Å²) in [6.07, 6.45) is 10.0. The minimum Gasteiger partial charge on any atom is -0.344 e. The van der Waals surface area contributed by atoms with Gasteiger partial charge in [-0.25, -0.2) is 0 Å². The molecule has 0 amide bonds. The number of hydrogen-bond acceptors (Lipinski definition) is 2. The van der Waals surface area contributed by atoms with Gasteiger partial charge in [0.2, 0.25) is 7.37 Å². The Morgan fingerprint density at radius 1 is 0.783 bits per heavy atom. The van der Waals surface area contributed by atoms with Gasteiger partial charge < -0.3 is 4.89 Å². The average molecular weight is 371 g/mol. The van der Waals surface area contributed by atoms with Crippen LogP contribution < -0.4 is 0 Å². The molecule has 0 aromatic heterocycles. The minimum atomic E-state index is -2.87. The lowest BCUT2D eigenvalue weighted by molar-refractivity contribution is 0.405. The van der Waals surface area contributed by atoms with Gasteiger partial charge in [0, 0.05) is 16.9 Å².